The van der Waals surface area contributed by atoms with Gasteiger partial charge < -0.3 is 10.1 Å². The van der Waals surface area contributed by atoms with Gasteiger partial charge in [-0.15, -0.1) is 0 Å². The predicted octanol–water partition coefficient (Wildman–Crippen LogP) is 4.28. The van der Waals surface area contributed by atoms with Crippen LogP contribution < -0.4 is 5.32 Å². The van der Waals surface area contributed by atoms with E-state index in [1.807, 2.05) is 58.2 Å². The Hall–Kier alpha value is -2.99. The average molecular weight is 378 g/mol. The van der Waals surface area contributed by atoms with E-state index in [-0.39, 0.29) is 5.60 Å². The second kappa shape index (κ2) is 8.35. The third-order valence-electron chi connectivity index (χ3n) is 4.25. The molecule has 0 bridgehead atoms. The molecule has 0 saturated heterocycles. The second-order valence-electron chi connectivity index (χ2n) is 7.69. The minimum atomic E-state index is -0.146. The van der Waals surface area contributed by atoms with Gasteiger partial charge in [-0.3, -0.25) is 9.78 Å². The number of aldehydes is 1. The Balaban J connectivity index is 1.74. The molecule has 0 saturated carbocycles. The topological polar surface area (TPSA) is 69.0 Å². The lowest BCUT2D eigenvalue weighted by atomic mass is 10.0. The molecule has 0 aliphatic rings. The van der Waals surface area contributed by atoms with Gasteiger partial charge in [-0.2, -0.15) is 5.10 Å². The summed E-state index contributed by atoms with van der Waals surface area (Å²) in [6.07, 6.45) is 8.15. The Morgan fingerprint density at radius 1 is 1.18 bits per heavy atom. The number of benzene rings is 1. The maximum atomic E-state index is 11.1. The van der Waals surface area contributed by atoms with Gasteiger partial charge in [-0.25, -0.2) is 4.68 Å². The van der Waals surface area contributed by atoms with Gasteiger partial charge in [-0.1, -0.05) is 12.1 Å². The predicted molar refractivity (Wildman–Crippen MR) is 111 cm³/mol. The van der Waals surface area contributed by atoms with Gasteiger partial charge in [0.15, 0.2) is 0 Å². The van der Waals surface area contributed by atoms with Crippen LogP contribution in [0.5, 0.6) is 0 Å². The van der Waals surface area contributed by atoms with Crippen LogP contribution in [0.15, 0.2) is 49.1 Å². The van der Waals surface area contributed by atoms with Crippen molar-refractivity contribution in [1.29, 1.82) is 0 Å². The summed E-state index contributed by atoms with van der Waals surface area (Å²) in [4.78, 5) is 15.4. The van der Waals surface area contributed by atoms with Crippen molar-refractivity contribution in [3.05, 3.63) is 60.2 Å². The van der Waals surface area contributed by atoms with E-state index >= 15 is 0 Å². The molecule has 0 aliphatic heterocycles. The molecule has 0 radical (unpaired) electrons. The lowest BCUT2D eigenvalue weighted by Crippen LogP contribution is -2.23. The molecule has 1 N–H and O–H groups in total. The first kappa shape index (κ1) is 19.8. The highest BCUT2D eigenvalue weighted by molar-refractivity contribution is 5.80. The first-order valence-electron chi connectivity index (χ1n) is 9.30. The molecular formula is C22H26N4O2. The molecule has 2 aromatic heterocycles. The fourth-order valence-corrected chi connectivity index (χ4v) is 2.83. The number of anilines is 1. The zero-order valence-electron chi connectivity index (χ0n) is 16.8. The lowest BCUT2D eigenvalue weighted by molar-refractivity contribution is 0.00333. The van der Waals surface area contributed by atoms with Crippen LogP contribution in [0.25, 0.3) is 16.8 Å². The van der Waals surface area contributed by atoms with Crippen molar-refractivity contribution in [2.45, 2.75) is 33.3 Å². The molecule has 0 unspecified atom stereocenters. The summed E-state index contributed by atoms with van der Waals surface area (Å²) in [6, 6.07) is 7.64. The second-order valence-corrected chi connectivity index (χ2v) is 7.69. The summed E-state index contributed by atoms with van der Waals surface area (Å²) >= 11 is 0. The minimum absolute atomic E-state index is 0.146. The van der Waals surface area contributed by atoms with Crippen LogP contribution >= 0.6 is 0 Å². The van der Waals surface area contributed by atoms with E-state index in [0.29, 0.717) is 18.7 Å². The quantitative estimate of drug-likeness (QED) is 0.491. The van der Waals surface area contributed by atoms with E-state index in [9.17, 15) is 4.79 Å². The molecule has 0 spiro atoms. The maximum Gasteiger partial charge on any atom is 0.150 e. The SMILES string of the molecule is Cc1ccc(C=O)cc1-c1cnn(-c2cncc(NCCOC(C)(C)C)c2)c1. The molecule has 3 aromatic rings. The largest absolute Gasteiger partial charge is 0.381 e. The van der Waals surface area contributed by atoms with Crippen LogP contribution in [0, 0.1) is 6.92 Å². The summed E-state index contributed by atoms with van der Waals surface area (Å²) < 4.78 is 7.51. The van der Waals surface area contributed by atoms with Gasteiger partial charge >= 0.3 is 0 Å². The molecule has 0 amide bonds. The molecule has 6 nitrogen and oxygen atoms in total. The summed E-state index contributed by atoms with van der Waals surface area (Å²) in [5.41, 5.74) is 5.32. The monoisotopic (exact) mass is 378 g/mol. The van der Waals surface area contributed by atoms with Crippen molar-refractivity contribution in [3.8, 4) is 16.8 Å². The number of hydrogen-bond acceptors (Lipinski definition) is 5. The molecule has 2 heterocycles. The summed E-state index contributed by atoms with van der Waals surface area (Å²) in [6.45, 7) is 9.45. The molecule has 146 valence electrons. The third-order valence-corrected chi connectivity index (χ3v) is 4.25. The Morgan fingerprint density at radius 2 is 2.00 bits per heavy atom. The number of aromatic nitrogens is 3. The van der Waals surface area contributed by atoms with E-state index in [0.717, 1.165) is 34.4 Å². The van der Waals surface area contributed by atoms with Gasteiger partial charge in [0.1, 0.15) is 6.29 Å². The van der Waals surface area contributed by atoms with Crippen LogP contribution in [-0.2, 0) is 4.74 Å². The molecule has 0 fully saturated rings. The number of nitrogens with one attached hydrogen (secondary N) is 1. The van der Waals surface area contributed by atoms with Crippen LogP contribution in [0.3, 0.4) is 0 Å². The van der Waals surface area contributed by atoms with Crippen LogP contribution in [0.2, 0.25) is 0 Å². The van der Waals surface area contributed by atoms with Crippen molar-refractivity contribution in [2.75, 3.05) is 18.5 Å². The molecule has 0 aliphatic carbocycles. The number of rotatable bonds is 7. The fraction of sp³-hybridized carbons (Fsp3) is 0.318. The zero-order valence-corrected chi connectivity index (χ0v) is 16.8. The Morgan fingerprint density at radius 3 is 2.75 bits per heavy atom. The average Bonchev–Trinajstić information content (AvgIpc) is 3.15. The van der Waals surface area contributed by atoms with Gasteiger partial charge in [0.2, 0.25) is 0 Å². The normalized spacial score (nSPS) is 11.4. The number of nitrogens with zero attached hydrogens (tertiary/aromatic N) is 3. The number of ether oxygens (including phenoxy) is 1. The van der Waals surface area contributed by atoms with E-state index < -0.39 is 0 Å². The van der Waals surface area contributed by atoms with Crippen molar-refractivity contribution in [3.63, 3.8) is 0 Å². The third kappa shape index (κ3) is 5.04. The highest BCUT2D eigenvalue weighted by atomic mass is 16.5. The molecule has 1 aromatic carbocycles. The summed E-state index contributed by atoms with van der Waals surface area (Å²) in [7, 11) is 0. The Bertz CT molecular complexity index is 957. The van der Waals surface area contributed by atoms with Gasteiger partial charge in [0.05, 0.1) is 42.2 Å². The van der Waals surface area contributed by atoms with Crippen LogP contribution in [0.4, 0.5) is 5.69 Å². The number of aryl methyl sites for hydroxylation is 1. The number of hydrogen-bond donors (Lipinski definition) is 1. The van der Waals surface area contributed by atoms with Gasteiger partial charge in [-0.05, 0) is 51.0 Å². The number of carbonyl (C=O) groups excluding carboxylic acids is 1. The van der Waals surface area contributed by atoms with Crippen molar-refractivity contribution in [1.82, 2.24) is 14.8 Å². The molecule has 6 heteroatoms. The Labute approximate surface area is 165 Å². The first-order valence-corrected chi connectivity index (χ1v) is 9.30. The lowest BCUT2D eigenvalue weighted by Gasteiger charge is -2.19. The molecule has 3 rings (SSSR count). The van der Waals surface area contributed by atoms with Crippen molar-refractivity contribution < 1.29 is 9.53 Å². The highest BCUT2D eigenvalue weighted by Gasteiger charge is 2.10. The van der Waals surface area contributed by atoms with Crippen LogP contribution in [0.1, 0.15) is 36.7 Å². The van der Waals surface area contributed by atoms with E-state index in [1.54, 1.807) is 23.3 Å². The highest BCUT2D eigenvalue weighted by Crippen LogP contribution is 2.25. The standard InChI is InChI=1S/C22H26N4O2/c1-16-5-6-17(15-27)9-21(16)18-11-25-26(14-18)20-10-19(12-23-13-20)24-7-8-28-22(2,3)4/h5-6,9-15,24H,7-8H2,1-4H3. The van der Waals surface area contributed by atoms with Gasteiger partial charge in [0.25, 0.3) is 0 Å². The van der Waals surface area contributed by atoms with Gasteiger partial charge in [0, 0.05) is 23.9 Å². The summed E-state index contributed by atoms with van der Waals surface area (Å²) in [5, 5.41) is 7.79. The van der Waals surface area contributed by atoms with Crippen molar-refractivity contribution in [2.24, 2.45) is 0 Å². The van der Waals surface area contributed by atoms with E-state index in [2.05, 4.69) is 15.4 Å². The van der Waals surface area contributed by atoms with E-state index in [4.69, 9.17) is 4.74 Å². The van der Waals surface area contributed by atoms with E-state index in [1.165, 1.54) is 0 Å². The fourth-order valence-electron chi connectivity index (χ4n) is 2.83. The smallest absolute Gasteiger partial charge is 0.150 e. The minimum Gasteiger partial charge on any atom is -0.381 e. The molecule has 0 atom stereocenters. The number of pyridine rings is 1. The molecule has 28 heavy (non-hydrogen) atoms. The molecular weight excluding hydrogens is 352 g/mol. The van der Waals surface area contributed by atoms with Crippen molar-refractivity contribution >= 4 is 12.0 Å². The first-order chi connectivity index (χ1) is 13.4. The zero-order chi connectivity index (χ0) is 20.1. The summed E-state index contributed by atoms with van der Waals surface area (Å²) in [5.74, 6) is 0. The van der Waals surface area contributed by atoms with Crippen LogP contribution in [-0.4, -0.2) is 39.8 Å². The number of carbonyl (C=O) groups is 1. The maximum absolute atomic E-state index is 11.1. The Kier molecular flexibility index (Phi) is 5.90.